The van der Waals surface area contributed by atoms with Crippen molar-refractivity contribution in [3.63, 3.8) is 0 Å². The van der Waals surface area contributed by atoms with Crippen LogP contribution < -0.4 is 4.72 Å². The molecule has 0 unspecified atom stereocenters. The van der Waals surface area contributed by atoms with E-state index >= 15 is 0 Å². The Morgan fingerprint density at radius 1 is 0.950 bits per heavy atom. The van der Waals surface area contributed by atoms with Gasteiger partial charge in [-0.2, -0.15) is 0 Å². The molecule has 0 fully saturated rings. The third-order valence-corrected chi connectivity index (χ3v) is 6.13. The number of halogens is 1. The fourth-order valence-electron chi connectivity index (χ4n) is 2.65. The molecule has 0 amide bonds. The first kappa shape index (κ1) is 15.7. The molecule has 1 aliphatic rings. The minimum Gasteiger partial charge on any atom is -0.328 e. The third-order valence-electron chi connectivity index (χ3n) is 4.24. The first-order valence-corrected chi connectivity index (χ1v) is 8.53. The van der Waals surface area contributed by atoms with E-state index in [1.807, 2.05) is 0 Å². The minimum absolute atomic E-state index is 0.447. The monoisotopic (exact) mass is 351 g/mol. The van der Waals surface area contributed by atoms with E-state index in [1.165, 1.54) is 39.1 Å². The smallest absolute Gasteiger partial charge is 0.0671 e. The lowest BCUT2D eigenvalue weighted by Gasteiger charge is -2.18. The molecule has 1 nitrogen and oxygen atoms in total. The molecule has 0 aliphatic heterocycles. The van der Waals surface area contributed by atoms with Gasteiger partial charge in [-0.05, 0) is 97.8 Å². The lowest BCUT2D eigenvalue weighted by molar-refractivity contribution is 1.15. The van der Waals surface area contributed by atoms with Crippen LogP contribution in [-0.2, 0) is 0 Å². The Morgan fingerprint density at radius 2 is 1.50 bits per heavy atom. The van der Waals surface area contributed by atoms with Gasteiger partial charge in [-0.25, -0.2) is 0 Å². The maximum absolute atomic E-state index is 3.66. The van der Waals surface area contributed by atoms with Crippen LogP contribution in [0.4, 0.5) is 5.69 Å². The molecule has 0 saturated carbocycles. The SMILES string of the molecule is CC1=C(C)C(SNc2c(C)cc(C)cc2Br)C(C)=C1C. The molecule has 3 heteroatoms. The van der Waals surface area contributed by atoms with Crippen LogP contribution >= 0.6 is 27.9 Å². The van der Waals surface area contributed by atoms with Crippen LogP contribution in [-0.4, -0.2) is 5.25 Å². The van der Waals surface area contributed by atoms with Crippen LogP contribution in [0, 0.1) is 13.8 Å². The molecule has 0 atom stereocenters. The summed E-state index contributed by atoms with van der Waals surface area (Å²) in [6.07, 6.45) is 0. The maximum atomic E-state index is 3.66. The average Bonchev–Trinajstić information content (AvgIpc) is 2.54. The molecule has 0 bridgehead atoms. The van der Waals surface area contributed by atoms with E-state index < -0.39 is 0 Å². The minimum atomic E-state index is 0.447. The number of allylic oxidation sites excluding steroid dienone is 2. The lowest BCUT2D eigenvalue weighted by atomic mass is 10.1. The molecule has 108 valence electrons. The summed E-state index contributed by atoms with van der Waals surface area (Å²) < 4.78 is 4.69. The third kappa shape index (κ3) is 2.84. The summed E-state index contributed by atoms with van der Waals surface area (Å²) >= 11 is 5.46. The van der Waals surface area contributed by atoms with Crippen molar-refractivity contribution < 1.29 is 0 Å². The summed E-state index contributed by atoms with van der Waals surface area (Å²) in [5.41, 5.74) is 9.58. The molecule has 0 radical (unpaired) electrons. The Bertz CT molecular complexity index is 566. The summed E-state index contributed by atoms with van der Waals surface area (Å²) in [5.74, 6) is 0. The van der Waals surface area contributed by atoms with Gasteiger partial charge >= 0.3 is 0 Å². The Balaban J connectivity index is 2.19. The number of aryl methyl sites for hydroxylation is 2. The van der Waals surface area contributed by atoms with Crippen molar-refractivity contribution in [1.29, 1.82) is 0 Å². The van der Waals surface area contributed by atoms with Gasteiger partial charge in [-0.1, -0.05) is 17.2 Å². The van der Waals surface area contributed by atoms with Crippen LogP contribution in [0.1, 0.15) is 38.8 Å². The second-order valence-electron chi connectivity index (χ2n) is 5.65. The quantitative estimate of drug-likeness (QED) is 0.652. The molecule has 0 aromatic heterocycles. The highest BCUT2D eigenvalue weighted by molar-refractivity contribution is 9.10. The largest absolute Gasteiger partial charge is 0.328 e. The fraction of sp³-hybridized carbons (Fsp3) is 0.412. The van der Waals surface area contributed by atoms with Crippen molar-refractivity contribution in [2.24, 2.45) is 0 Å². The standard InChI is InChI=1S/C17H22BrNS/c1-9-7-10(2)16(15(18)8-9)19-20-17-13(5)11(3)12(4)14(17)6/h7-8,17,19H,1-6H3. The van der Waals surface area contributed by atoms with E-state index in [2.05, 4.69) is 74.3 Å². The van der Waals surface area contributed by atoms with Gasteiger partial charge in [0, 0.05) is 4.47 Å². The highest BCUT2D eigenvalue weighted by Gasteiger charge is 2.25. The van der Waals surface area contributed by atoms with Crippen molar-refractivity contribution >= 4 is 33.6 Å². The number of hydrogen-bond donors (Lipinski definition) is 1. The summed E-state index contributed by atoms with van der Waals surface area (Å²) in [6, 6.07) is 4.37. The van der Waals surface area contributed by atoms with Crippen LogP contribution in [0.15, 0.2) is 38.9 Å². The fourth-order valence-corrected chi connectivity index (χ4v) is 4.77. The molecular weight excluding hydrogens is 330 g/mol. The van der Waals surface area contributed by atoms with Crippen molar-refractivity contribution in [2.75, 3.05) is 4.72 Å². The van der Waals surface area contributed by atoms with Crippen LogP contribution in [0.5, 0.6) is 0 Å². The van der Waals surface area contributed by atoms with Gasteiger partial charge in [0.05, 0.1) is 10.9 Å². The topological polar surface area (TPSA) is 12.0 Å². The van der Waals surface area contributed by atoms with Crippen molar-refractivity contribution in [3.05, 3.63) is 50.0 Å². The predicted octanol–water partition coefficient (Wildman–Crippen LogP) is 6.18. The summed E-state index contributed by atoms with van der Waals surface area (Å²) in [4.78, 5) is 0. The van der Waals surface area contributed by atoms with E-state index in [4.69, 9.17) is 0 Å². The molecule has 1 aromatic rings. The Morgan fingerprint density at radius 3 is 2.00 bits per heavy atom. The number of benzene rings is 1. The zero-order valence-corrected chi connectivity index (χ0v) is 15.4. The molecule has 1 aromatic carbocycles. The maximum Gasteiger partial charge on any atom is 0.0671 e. The second kappa shape index (κ2) is 5.98. The zero-order chi connectivity index (χ0) is 15.0. The lowest BCUT2D eigenvalue weighted by Crippen LogP contribution is -2.07. The Hall–Kier alpha value is -0.670. The second-order valence-corrected chi connectivity index (χ2v) is 7.42. The number of hydrogen-bond acceptors (Lipinski definition) is 2. The highest BCUT2D eigenvalue weighted by atomic mass is 79.9. The van der Waals surface area contributed by atoms with E-state index in [-0.39, 0.29) is 0 Å². The Labute approximate surface area is 135 Å². The molecule has 0 spiro atoms. The molecule has 20 heavy (non-hydrogen) atoms. The van der Waals surface area contributed by atoms with Crippen LogP contribution in [0.2, 0.25) is 0 Å². The first-order chi connectivity index (χ1) is 9.32. The molecule has 0 saturated heterocycles. The van der Waals surface area contributed by atoms with Crippen LogP contribution in [0.25, 0.3) is 0 Å². The van der Waals surface area contributed by atoms with Crippen LogP contribution in [0.3, 0.4) is 0 Å². The first-order valence-electron chi connectivity index (χ1n) is 6.86. The van der Waals surface area contributed by atoms with E-state index in [9.17, 15) is 0 Å². The summed E-state index contributed by atoms with van der Waals surface area (Å²) in [6.45, 7) is 13.2. The van der Waals surface area contributed by atoms with Gasteiger partial charge in [0.2, 0.25) is 0 Å². The van der Waals surface area contributed by atoms with Crippen molar-refractivity contribution in [3.8, 4) is 0 Å². The highest BCUT2D eigenvalue weighted by Crippen LogP contribution is 2.40. The normalized spacial score (nSPS) is 16.4. The molecular formula is C17H22BrNS. The average molecular weight is 352 g/mol. The number of anilines is 1. The zero-order valence-electron chi connectivity index (χ0n) is 13.0. The summed E-state index contributed by atoms with van der Waals surface area (Å²) in [7, 11) is 0. The number of nitrogens with one attached hydrogen (secondary N) is 1. The van der Waals surface area contributed by atoms with Gasteiger partial charge in [-0.15, -0.1) is 0 Å². The van der Waals surface area contributed by atoms with E-state index in [0.29, 0.717) is 5.25 Å². The van der Waals surface area contributed by atoms with Crippen molar-refractivity contribution in [1.82, 2.24) is 0 Å². The summed E-state index contributed by atoms with van der Waals surface area (Å²) in [5, 5.41) is 0.447. The van der Waals surface area contributed by atoms with Crippen molar-refractivity contribution in [2.45, 2.75) is 46.8 Å². The van der Waals surface area contributed by atoms with Gasteiger partial charge in [-0.3, -0.25) is 0 Å². The molecule has 1 N–H and O–H groups in total. The Kier molecular flexibility index (Phi) is 4.70. The molecule has 2 rings (SSSR count). The van der Waals surface area contributed by atoms with Gasteiger partial charge in [0.1, 0.15) is 0 Å². The van der Waals surface area contributed by atoms with E-state index in [1.54, 1.807) is 11.9 Å². The molecule has 1 aliphatic carbocycles. The van der Waals surface area contributed by atoms with E-state index in [0.717, 1.165) is 4.47 Å². The van der Waals surface area contributed by atoms with Gasteiger partial charge in [0.15, 0.2) is 0 Å². The number of rotatable bonds is 3. The van der Waals surface area contributed by atoms with Gasteiger partial charge < -0.3 is 4.72 Å². The predicted molar refractivity (Wildman–Crippen MR) is 95.4 cm³/mol. The molecule has 0 heterocycles. The van der Waals surface area contributed by atoms with Gasteiger partial charge in [0.25, 0.3) is 0 Å².